The molecule has 0 saturated carbocycles. The Balaban J connectivity index is 1.96. The smallest absolute Gasteiger partial charge is 0.253 e. The van der Waals surface area contributed by atoms with Gasteiger partial charge in [-0.25, -0.2) is 9.37 Å². The van der Waals surface area contributed by atoms with Crippen molar-refractivity contribution in [1.82, 2.24) is 24.6 Å². The summed E-state index contributed by atoms with van der Waals surface area (Å²) >= 11 is 0. The van der Waals surface area contributed by atoms with E-state index in [1.165, 1.54) is 18.5 Å². The molecule has 0 bridgehead atoms. The van der Waals surface area contributed by atoms with E-state index < -0.39 is 0 Å². The maximum absolute atomic E-state index is 13.1. The molecule has 0 N–H and O–H groups in total. The molecule has 1 aromatic carbocycles. The molecule has 5 nitrogen and oxygen atoms in total. The number of aromatic nitrogens is 5. The van der Waals surface area contributed by atoms with Crippen LogP contribution in [0.15, 0.2) is 55.0 Å². The summed E-state index contributed by atoms with van der Waals surface area (Å²) in [6.07, 6.45) is 3.22. The molecule has 0 aliphatic heterocycles. The number of nitrogens with zero attached hydrogens (tertiary/aromatic N) is 5. The van der Waals surface area contributed by atoms with Gasteiger partial charge in [-0.2, -0.15) is 14.6 Å². The van der Waals surface area contributed by atoms with Gasteiger partial charge in [-0.05, 0) is 49.4 Å². The Morgan fingerprint density at radius 1 is 0.957 bits per heavy atom. The van der Waals surface area contributed by atoms with E-state index in [0.29, 0.717) is 5.78 Å². The standard InChI is InChI=1S/C17H12FN5/c1-11-8-13(6-7-19-11)16-9-15(12-2-4-14(18)5-3-12)22-17-20-10-21-23(16)17/h2-10H,1H3. The van der Waals surface area contributed by atoms with Gasteiger partial charge in [-0.15, -0.1) is 0 Å². The number of aryl methyl sites for hydroxylation is 1. The second-order valence-corrected chi connectivity index (χ2v) is 5.19. The molecular formula is C17H12FN5. The molecular weight excluding hydrogens is 293 g/mol. The Bertz CT molecular complexity index is 991. The summed E-state index contributed by atoms with van der Waals surface area (Å²) in [5.74, 6) is 0.221. The van der Waals surface area contributed by atoms with Crippen molar-refractivity contribution in [3.05, 3.63) is 66.5 Å². The summed E-state index contributed by atoms with van der Waals surface area (Å²) in [6.45, 7) is 1.93. The van der Waals surface area contributed by atoms with Crippen LogP contribution in [0.2, 0.25) is 0 Å². The fourth-order valence-corrected chi connectivity index (χ4v) is 2.49. The second kappa shape index (κ2) is 5.24. The highest BCUT2D eigenvalue weighted by atomic mass is 19.1. The van der Waals surface area contributed by atoms with Gasteiger partial charge in [0.25, 0.3) is 5.78 Å². The maximum atomic E-state index is 13.1. The van der Waals surface area contributed by atoms with Crippen molar-refractivity contribution < 1.29 is 4.39 Å². The number of pyridine rings is 1. The minimum Gasteiger partial charge on any atom is -0.262 e. The van der Waals surface area contributed by atoms with Crippen LogP contribution in [-0.4, -0.2) is 24.6 Å². The van der Waals surface area contributed by atoms with Gasteiger partial charge in [0, 0.05) is 23.0 Å². The van der Waals surface area contributed by atoms with Crippen LogP contribution in [0.3, 0.4) is 0 Å². The molecule has 23 heavy (non-hydrogen) atoms. The first-order chi connectivity index (χ1) is 11.2. The van der Waals surface area contributed by atoms with Crippen LogP contribution >= 0.6 is 0 Å². The van der Waals surface area contributed by atoms with E-state index in [1.807, 2.05) is 25.1 Å². The van der Waals surface area contributed by atoms with Crippen LogP contribution in [0.1, 0.15) is 5.69 Å². The zero-order chi connectivity index (χ0) is 15.8. The van der Waals surface area contributed by atoms with Gasteiger partial charge in [0.2, 0.25) is 0 Å². The fourth-order valence-electron chi connectivity index (χ4n) is 2.49. The first kappa shape index (κ1) is 13.5. The first-order valence-corrected chi connectivity index (χ1v) is 7.10. The topological polar surface area (TPSA) is 56.0 Å². The largest absolute Gasteiger partial charge is 0.262 e. The zero-order valence-corrected chi connectivity index (χ0v) is 12.3. The van der Waals surface area contributed by atoms with Crippen LogP contribution in [0.4, 0.5) is 4.39 Å². The average Bonchev–Trinajstić information content (AvgIpc) is 3.03. The van der Waals surface area contributed by atoms with Crippen molar-refractivity contribution >= 4 is 5.78 Å². The Labute approximate surface area is 131 Å². The summed E-state index contributed by atoms with van der Waals surface area (Å²) in [7, 11) is 0. The van der Waals surface area contributed by atoms with Crippen molar-refractivity contribution in [1.29, 1.82) is 0 Å². The molecule has 0 aliphatic carbocycles. The molecule has 0 radical (unpaired) electrons. The summed E-state index contributed by atoms with van der Waals surface area (Å²) in [6, 6.07) is 12.0. The highest BCUT2D eigenvalue weighted by Gasteiger charge is 2.11. The fraction of sp³-hybridized carbons (Fsp3) is 0.0588. The van der Waals surface area contributed by atoms with Gasteiger partial charge < -0.3 is 0 Å². The molecule has 3 heterocycles. The second-order valence-electron chi connectivity index (χ2n) is 5.19. The van der Waals surface area contributed by atoms with Crippen molar-refractivity contribution in [2.75, 3.05) is 0 Å². The normalized spacial score (nSPS) is 11.0. The molecule has 0 unspecified atom stereocenters. The van der Waals surface area contributed by atoms with Crippen molar-refractivity contribution in [3.63, 3.8) is 0 Å². The lowest BCUT2D eigenvalue weighted by Crippen LogP contribution is -1.99. The third-order valence-corrected chi connectivity index (χ3v) is 3.58. The third kappa shape index (κ3) is 2.44. The van der Waals surface area contributed by atoms with Crippen LogP contribution in [0.25, 0.3) is 28.3 Å². The quantitative estimate of drug-likeness (QED) is 0.570. The van der Waals surface area contributed by atoms with E-state index in [-0.39, 0.29) is 5.82 Å². The summed E-state index contributed by atoms with van der Waals surface area (Å²) in [5.41, 5.74) is 4.28. The monoisotopic (exact) mass is 305 g/mol. The van der Waals surface area contributed by atoms with Crippen molar-refractivity contribution in [3.8, 4) is 22.5 Å². The molecule has 0 saturated heterocycles. The van der Waals surface area contributed by atoms with Gasteiger partial charge in [0.1, 0.15) is 12.1 Å². The number of hydrogen-bond acceptors (Lipinski definition) is 4. The Morgan fingerprint density at radius 3 is 2.57 bits per heavy atom. The summed E-state index contributed by atoms with van der Waals surface area (Å²) in [4.78, 5) is 12.9. The number of benzene rings is 1. The molecule has 112 valence electrons. The maximum Gasteiger partial charge on any atom is 0.253 e. The Hall–Kier alpha value is -3.15. The number of halogens is 1. The molecule has 6 heteroatoms. The number of hydrogen-bond donors (Lipinski definition) is 0. The molecule has 4 rings (SSSR count). The van der Waals surface area contributed by atoms with Crippen molar-refractivity contribution in [2.24, 2.45) is 0 Å². The van der Waals surface area contributed by atoms with Crippen LogP contribution in [0.5, 0.6) is 0 Å². The molecule has 4 aromatic rings. The number of rotatable bonds is 2. The van der Waals surface area contributed by atoms with Crippen LogP contribution in [-0.2, 0) is 0 Å². The minimum absolute atomic E-state index is 0.276. The molecule has 0 fully saturated rings. The average molecular weight is 305 g/mol. The first-order valence-electron chi connectivity index (χ1n) is 7.10. The van der Waals surface area contributed by atoms with E-state index in [2.05, 4.69) is 20.1 Å². The van der Waals surface area contributed by atoms with Crippen LogP contribution in [0, 0.1) is 12.7 Å². The zero-order valence-electron chi connectivity index (χ0n) is 12.3. The highest BCUT2D eigenvalue weighted by molar-refractivity contribution is 5.70. The van der Waals surface area contributed by atoms with Gasteiger partial charge in [0.15, 0.2) is 0 Å². The minimum atomic E-state index is -0.276. The molecule has 0 amide bonds. The van der Waals surface area contributed by atoms with E-state index in [4.69, 9.17) is 0 Å². The lowest BCUT2D eigenvalue weighted by Gasteiger charge is -2.08. The highest BCUT2D eigenvalue weighted by Crippen LogP contribution is 2.25. The predicted octanol–water partition coefficient (Wildman–Crippen LogP) is 3.30. The molecule has 0 atom stereocenters. The van der Waals surface area contributed by atoms with Gasteiger partial charge in [0.05, 0.1) is 11.4 Å². The third-order valence-electron chi connectivity index (χ3n) is 3.58. The SMILES string of the molecule is Cc1cc(-c2cc(-c3ccc(F)cc3)nc3ncnn23)ccn1. The summed E-state index contributed by atoms with van der Waals surface area (Å²) < 4.78 is 14.8. The van der Waals surface area contributed by atoms with E-state index >= 15 is 0 Å². The molecule has 3 aromatic heterocycles. The van der Waals surface area contributed by atoms with E-state index in [0.717, 1.165) is 28.2 Å². The Morgan fingerprint density at radius 2 is 1.78 bits per heavy atom. The van der Waals surface area contributed by atoms with E-state index in [9.17, 15) is 4.39 Å². The Kier molecular flexibility index (Phi) is 3.08. The lowest BCUT2D eigenvalue weighted by molar-refractivity contribution is 0.628. The van der Waals surface area contributed by atoms with Crippen LogP contribution < -0.4 is 0 Å². The molecule has 0 spiro atoms. The van der Waals surface area contributed by atoms with Gasteiger partial charge in [-0.1, -0.05) is 0 Å². The van der Waals surface area contributed by atoms with Gasteiger partial charge >= 0.3 is 0 Å². The van der Waals surface area contributed by atoms with Gasteiger partial charge in [-0.3, -0.25) is 4.98 Å². The van der Waals surface area contributed by atoms with Crippen molar-refractivity contribution in [2.45, 2.75) is 6.92 Å². The molecule has 0 aliphatic rings. The lowest BCUT2D eigenvalue weighted by atomic mass is 10.1. The number of fused-ring (bicyclic) bond motifs is 1. The summed E-state index contributed by atoms with van der Waals surface area (Å²) in [5, 5.41) is 4.24. The predicted molar refractivity (Wildman–Crippen MR) is 84.1 cm³/mol. The van der Waals surface area contributed by atoms with E-state index in [1.54, 1.807) is 22.8 Å².